The molecule has 3 aliphatic heterocycles. The molecule has 0 saturated carbocycles. The Bertz CT molecular complexity index is 1420. The Morgan fingerprint density at radius 1 is 1.14 bits per heavy atom. The van der Waals surface area contributed by atoms with Gasteiger partial charge in [-0.2, -0.15) is 0 Å². The number of ketones is 1. The molecule has 3 aromatic carbocycles. The number of carbonyl (C=O) groups excluding carboxylic acids is 2. The van der Waals surface area contributed by atoms with Gasteiger partial charge in [-0.3, -0.25) is 24.6 Å². The second-order valence-corrected chi connectivity index (χ2v) is 10.5. The van der Waals surface area contributed by atoms with Crippen LogP contribution in [0.4, 0.5) is 11.4 Å². The van der Waals surface area contributed by atoms with Gasteiger partial charge >= 0.3 is 0 Å². The summed E-state index contributed by atoms with van der Waals surface area (Å²) in [5.41, 5.74) is 2.68. The van der Waals surface area contributed by atoms with E-state index >= 15 is 0 Å². The van der Waals surface area contributed by atoms with Crippen LogP contribution in [0.5, 0.6) is 0 Å². The second kappa shape index (κ2) is 8.78. The van der Waals surface area contributed by atoms with Gasteiger partial charge in [-0.25, -0.2) is 0 Å². The van der Waals surface area contributed by atoms with Gasteiger partial charge in [-0.1, -0.05) is 54.9 Å². The van der Waals surface area contributed by atoms with E-state index in [1.807, 2.05) is 30.3 Å². The Morgan fingerprint density at radius 2 is 1.86 bits per heavy atom. The van der Waals surface area contributed by atoms with Crippen molar-refractivity contribution in [3.8, 4) is 0 Å². The zero-order valence-electron chi connectivity index (χ0n) is 20.3. The highest BCUT2D eigenvalue weighted by molar-refractivity contribution is 6.31. The Labute approximate surface area is 219 Å². The molecule has 0 radical (unpaired) electrons. The standard InChI is InChI=1S/C29H26ClN3O4/c1-2-17-5-7-19(8-6-17)27(34)26-25(18-9-12-21(13-10-18)33(36)37)24-4-3-15-32(24)29(26)22-16-20(30)11-14-23(22)31-28(29)35/h5-14,16,24-26H,2-4,15H2,1H3,(H,31,35)/t24?,25?,26?,29-/m1/s1. The van der Waals surface area contributed by atoms with Crippen LogP contribution in [0, 0.1) is 16.0 Å². The first-order valence-corrected chi connectivity index (χ1v) is 13.0. The lowest BCUT2D eigenvalue weighted by Gasteiger charge is -2.37. The van der Waals surface area contributed by atoms with Crippen LogP contribution in [0.15, 0.2) is 66.7 Å². The number of nitro groups is 1. The number of non-ortho nitro benzene ring substituents is 1. The molecule has 37 heavy (non-hydrogen) atoms. The number of hydrogen-bond donors (Lipinski definition) is 1. The predicted octanol–water partition coefficient (Wildman–Crippen LogP) is 5.72. The molecule has 3 heterocycles. The molecule has 0 bridgehead atoms. The third kappa shape index (κ3) is 3.45. The first-order valence-electron chi connectivity index (χ1n) is 12.6. The largest absolute Gasteiger partial charge is 0.324 e. The van der Waals surface area contributed by atoms with Crippen molar-refractivity contribution >= 4 is 34.7 Å². The zero-order chi connectivity index (χ0) is 25.9. The van der Waals surface area contributed by atoms with Gasteiger partial charge in [0.15, 0.2) is 5.78 Å². The van der Waals surface area contributed by atoms with Crippen molar-refractivity contribution in [3.63, 3.8) is 0 Å². The number of halogens is 1. The fourth-order valence-corrected chi connectivity index (χ4v) is 6.98. The molecule has 3 aromatic rings. The number of aryl methyl sites for hydroxylation is 1. The average molecular weight is 516 g/mol. The van der Waals surface area contributed by atoms with Crippen molar-refractivity contribution < 1.29 is 14.5 Å². The molecule has 1 N–H and O–H groups in total. The van der Waals surface area contributed by atoms with Crippen molar-refractivity contribution in [1.29, 1.82) is 0 Å². The number of Topliss-reactive ketones (excluding diaryl/α,β-unsaturated/α-hetero) is 1. The Hall–Kier alpha value is -3.55. The minimum atomic E-state index is -1.21. The molecule has 1 spiro atoms. The number of fused-ring (bicyclic) bond motifs is 4. The molecule has 3 aliphatic rings. The van der Waals surface area contributed by atoms with E-state index in [9.17, 15) is 19.7 Å². The molecule has 0 aromatic heterocycles. The van der Waals surface area contributed by atoms with E-state index in [0.717, 1.165) is 36.0 Å². The first-order chi connectivity index (χ1) is 17.9. The van der Waals surface area contributed by atoms with Crippen LogP contribution < -0.4 is 5.32 Å². The number of nitrogens with one attached hydrogen (secondary N) is 1. The number of amides is 1. The Kier molecular flexibility index (Phi) is 5.66. The number of nitrogens with zero attached hydrogens (tertiary/aromatic N) is 2. The molecule has 7 nitrogen and oxygen atoms in total. The van der Waals surface area contributed by atoms with Crippen LogP contribution in [0.25, 0.3) is 0 Å². The summed E-state index contributed by atoms with van der Waals surface area (Å²) in [6, 6.07) is 19.3. The summed E-state index contributed by atoms with van der Waals surface area (Å²) in [4.78, 5) is 41.6. The number of benzene rings is 3. The summed E-state index contributed by atoms with van der Waals surface area (Å²) < 4.78 is 0. The van der Waals surface area contributed by atoms with Gasteiger partial charge in [-0.05, 0) is 55.1 Å². The molecular formula is C29H26ClN3O4. The molecule has 4 atom stereocenters. The molecule has 2 fully saturated rings. The van der Waals surface area contributed by atoms with Gasteiger partial charge in [0, 0.05) is 45.9 Å². The van der Waals surface area contributed by atoms with E-state index in [2.05, 4.69) is 17.1 Å². The molecule has 6 rings (SSSR count). The highest BCUT2D eigenvalue weighted by Gasteiger charge is 2.69. The summed E-state index contributed by atoms with van der Waals surface area (Å²) in [6.45, 7) is 2.73. The topological polar surface area (TPSA) is 92.5 Å². The number of nitro benzene ring substituents is 1. The van der Waals surface area contributed by atoms with Crippen LogP contribution in [-0.2, 0) is 16.8 Å². The highest BCUT2D eigenvalue weighted by atomic mass is 35.5. The summed E-state index contributed by atoms with van der Waals surface area (Å²) >= 11 is 6.45. The van der Waals surface area contributed by atoms with E-state index in [0.29, 0.717) is 22.8 Å². The molecule has 3 unspecified atom stereocenters. The number of rotatable bonds is 5. The molecule has 0 aliphatic carbocycles. The van der Waals surface area contributed by atoms with Crippen LogP contribution in [0.3, 0.4) is 0 Å². The maximum Gasteiger partial charge on any atom is 0.269 e. The van der Waals surface area contributed by atoms with Gasteiger partial charge in [0.25, 0.3) is 5.69 Å². The summed E-state index contributed by atoms with van der Waals surface area (Å²) in [5.74, 6) is -1.38. The lowest BCUT2D eigenvalue weighted by molar-refractivity contribution is -0.384. The van der Waals surface area contributed by atoms with E-state index in [1.165, 1.54) is 12.1 Å². The Morgan fingerprint density at radius 3 is 2.54 bits per heavy atom. The molecule has 188 valence electrons. The molecule has 1 amide bonds. The van der Waals surface area contributed by atoms with Crippen molar-refractivity contribution in [1.82, 2.24) is 4.90 Å². The van der Waals surface area contributed by atoms with Crippen LogP contribution in [0.1, 0.15) is 52.7 Å². The predicted molar refractivity (Wildman–Crippen MR) is 141 cm³/mol. The van der Waals surface area contributed by atoms with Crippen LogP contribution in [-0.4, -0.2) is 34.1 Å². The summed E-state index contributed by atoms with van der Waals surface area (Å²) in [7, 11) is 0. The van der Waals surface area contributed by atoms with Gasteiger partial charge in [-0.15, -0.1) is 0 Å². The second-order valence-electron chi connectivity index (χ2n) is 10.1. The lowest BCUT2D eigenvalue weighted by atomic mass is 9.68. The summed E-state index contributed by atoms with van der Waals surface area (Å²) in [5, 5.41) is 14.9. The van der Waals surface area contributed by atoms with E-state index in [-0.39, 0.29) is 29.3 Å². The number of hydrogen-bond acceptors (Lipinski definition) is 5. The maximum atomic E-state index is 14.5. The summed E-state index contributed by atoms with van der Waals surface area (Å²) in [6.07, 6.45) is 2.58. The Balaban J connectivity index is 1.58. The smallest absolute Gasteiger partial charge is 0.269 e. The van der Waals surface area contributed by atoms with E-state index < -0.39 is 16.4 Å². The molecule has 2 saturated heterocycles. The number of anilines is 1. The maximum absolute atomic E-state index is 14.5. The van der Waals surface area contributed by atoms with Crippen molar-refractivity contribution in [3.05, 3.63) is 104 Å². The highest BCUT2D eigenvalue weighted by Crippen LogP contribution is 2.61. The normalized spacial score (nSPS) is 26.2. The lowest BCUT2D eigenvalue weighted by Crippen LogP contribution is -2.52. The fraction of sp³-hybridized carbons (Fsp3) is 0.310. The van der Waals surface area contributed by atoms with Gasteiger partial charge < -0.3 is 5.32 Å². The third-order valence-corrected chi connectivity index (χ3v) is 8.62. The van der Waals surface area contributed by atoms with Crippen molar-refractivity contribution in [2.75, 3.05) is 11.9 Å². The van der Waals surface area contributed by atoms with Gasteiger partial charge in [0.2, 0.25) is 5.91 Å². The minimum Gasteiger partial charge on any atom is -0.324 e. The van der Waals surface area contributed by atoms with E-state index in [4.69, 9.17) is 11.6 Å². The monoisotopic (exact) mass is 515 g/mol. The van der Waals surface area contributed by atoms with Crippen LogP contribution in [0.2, 0.25) is 5.02 Å². The minimum absolute atomic E-state index is 0.00601. The third-order valence-electron chi connectivity index (χ3n) is 8.38. The zero-order valence-corrected chi connectivity index (χ0v) is 21.1. The molecule has 8 heteroatoms. The fourth-order valence-electron chi connectivity index (χ4n) is 6.81. The van der Waals surface area contributed by atoms with Crippen molar-refractivity contribution in [2.45, 2.75) is 43.7 Å². The van der Waals surface area contributed by atoms with Crippen molar-refractivity contribution in [2.24, 2.45) is 5.92 Å². The quantitative estimate of drug-likeness (QED) is 0.266. The SMILES string of the molecule is CCc1ccc(C(=O)C2C(c3ccc([N+](=O)[O-])cc3)C3CCCN3[C@@]23C(=O)Nc2ccc(Cl)cc23)cc1. The first kappa shape index (κ1) is 23.8. The van der Waals surface area contributed by atoms with Gasteiger partial charge in [0.05, 0.1) is 10.8 Å². The van der Waals surface area contributed by atoms with Gasteiger partial charge in [0.1, 0.15) is 5.54 Å². The average Bonchev–Trinajstić information content (AvgIpc) is 3.57. The number of carbonyl (C=O) groups is 2. The van der Waals surface area contributed by atoms with Crippen LogP contribution >= 0.6 is 11.6 Å². The van der Waals surface area contributed by atoms with E-state index in [1.54, 1.807) is 24.3 Å². The molecular weight excluding hydrogens is 490 g/mol.